The monoisotopic (exact) mass is 449 g/mol. The van der Waals surface area contributed by atoms with E-state index in [4.69, 9.17) is 8.92 Å². The molecule has 0 bridgehead atoms. The lowest BCUT2D eigenvalue weighted by Crippen LogP contribution is -2.38. The largest absolute Gasteiger partial charge is 0.383 e. The van der Waals surface area contributed by atoms with Gasteiger partial charge in [-0.1, -0.05) is 31.4 Å². The van der Waals surface area contributed by atoms with E-state index in [-0.39, 0.29) is 22.5 Å². The first-order valence-corrected chi connectivity index (χ1v) is 11.9. The molecular formula is C23H28FNO5S. The normalized spacial score (nSPS) is 14.9. The van der Waals surface area contributed by atoms with Gasteiger partial charge in [0.15, 0.2) is 0 Å². The highest BCUT2D eigenvalue weighted by molar-refractivity contribution is 7.87. The van der Waals surface area contributed by atoms with Gasteiger partial charge in [-0.15, -0.1) is 0 Å². The summed E-state index contributed by atoms with van der Waals surface area (Å²) in [5.74, 6) is -0.246. The van der Waals surface area contributed by atoms with Crippen LogP contribution in [-0.2, 0) is 26.2 Å². The quantitative estimate of drug-likeness (QED) is 0.538. The lowest BCUT2D eigenvalue weighted by Gasteiger charge is -2.29. The van der Waals surface area contributed by atoms with Crippen LogP contribution in [0.3, 0.4) is 0 Å². The Kier molecular flexibility index (Phi) is 8.03. The first kappa shape index (κ1) is 23.2. The van der Waals surface area contributed by atoms with Crippen molar-refractivity contribution >= 4 is 16.0 Å². The molecule has 8 heteroatoms. The Bertz CT molecular complexity index is 972. The number of hydrogen-bond acceptors (Lipinski definition) is 5. The third-order valence-electron chi connectivity index (χ3n) is 5.41. The molecule has 0 radical (unpaired) electrons. The molecule has 31 heavy (non-hydrogen) atoms. The number of methoxy groups -OCH3 is 1. The number of carbonyl (C=O) groups excluding carboxylic acids is 1. The standard InChI is InChI=1S/C23H28FNO5S/c1-29-15-14-25(23(26)19-7-3-2-4-8-19)17-18-6-5-9-21(16-18)30-31(27,28)22-12-10-20(24)11-13-22/h5-6,9-13,16,19H,2-4,7-8,14-15,17H2,1H3. The molecule has 2 aromatic carbocycles. The van der Waals surface area contributed by atoms with Crippen LogP contribution in [-0.4, -0.2) is 39.5 Å². The maximum atomic E-state index is 13.1. The summed E-state index contributed by atoms with van der Waals surface area (Å²) in [6.07, 6.45) is 5.12. The number of amides is 1. The number of ether oxygens (including phenoxy) is 1. The SMILES string of the molecule is COCCN(Cc1cccc(OS(=O)(=O)c2ccc(F)cc2)c1)C(=O)C1CCCCC1. The van der Waals surface area contributed by atoms with Gasteiger partial charge in [-0.2, -0.15) is 8.42 Å². The Balaban J connectivity index is 1.73. The number of nitrogens with zero attached hydrogens (tertiary/aromatic N) is 1. The fraction of sp³-hybridized carbons (Fsp3) is 0.435. The van der Waals surface area contributed by atoms with Crippen LogP contribution in [0.4, 0.5) is 4.39 Å². The van der Waals surface area contributed by atoms with Gasteiger partial charge in [0.05, 0.1) is 6.61 Å². The van der Waals surface area contributed by atoms with Crippen molar-refractivity contribution < 1.29 is 26.5 Å². The van der Waals surface area contributed by atoms with Crippen LogP contribution in [0, 0.1) is 11.7 Å². The molecule has 1 aliphatic carbocycles. The Morgan fingerprint density at radius 1 is 1.10 bits per heavy atom. The summed E-state index contributed by atoms with van der Waals surface area (Å²) in [5, 5.41) is 0. The van der Waals surface area contributed by atoms with Gasteiger partial charge in [0.2, 0.25) is 5.91 Å². The van der Waals surface area contributed by atoms with Crippen molar-refractivity contribution in [3.8, 4) is 5.75 Å². The summed E-state index contributed by atoms with van der Waals surface area (Å²) in [6, 6.07) is 11.1. The molecule has 0 heterocycles. The molecule has 2 aromatic rings. The highest BCUT2D eigenvalue weighted by Gasteiger charge is 2.26. The van der Waals surface area contributed by atoms with E-state index in [0.29, 0.717) is 19.7 Å². The van der Waals surface area contributed by atoms with Crippen LogP contribution in [0.2, 0.25) is 0 Å². The van der Waals surface area contributed by atoms with E-state index in [9.17, 15) is 17.6 Å². The maximum Gasteiger partial charge on any atom is 0.339 e. The van der Waals surface area contributed by atoms with Gasteiger partial charge < -0.3 is 13.8 Å². The van der Waals surface area contributed by atoms with Crippen molar-refractivity contribution in [1.82, 2.24) is 4.90 Å². The topological polar surface area (TPSA) is 72.9 Å². The molecule has 0 saturated heterocycles. The second-order valence-electron chi connectivity index (χ2n) is 7.73. The Hall–Kier alpha value is -2.45. The van der Waals surface area contributed by atoms with Gasteiger partial charge in [0, 0.05) is 26.1 Å². The first-order chi connectivity index (χ1) is 14.9. The number of halogens is 1. The zero-order valence-electron chi connectivity index (χ0n) is 17.6. The molecule has 1 amide bonds. The van der Waals surface area contributed by atoms with Crippen molar-refractivity contribution in [2.45, 2.75) is 43.5 Å². The second kappa shape index (κ2) is 10.7. The summed E-state index contributed by atoms with van der Waals surface area (Å²) in [5.41, 5.74) is 0.757. The first-order valence-electron chi connectivity index (χ1n) is 10.5. The molecule has 1 aliphatic rings. The van der Waals surface area contributed by atoms with Gasteiger partial charge in [-0.25, -0.2) is 4.39 Å². The molecule has 0 N–H and O–H groups in total. The third-order valence-corrected chi connectivity index (χ3v) is 6.67. The minimum Gasteiger partial charge on any atom is -0.383 e. The minimum atomic E-state index is -4.09. The fourth-order valence-electron chi connectivity index (χ4n) is 3.77. The summed E-state index contributed by atoms with van der Waals surface area (Å²) in [4.78, 5) is 14.7. The van der Waals surface area contributed by atoms with Crippen LogP contribution < -0.4 is 4.18 Å². The maximum absolute atomic E-state index is 13.1. The molecule has 1 saturated carbocycles. The third kappa shape index (κ3) is 6.51. The van der Waals surface area contributed by atoms with Crippen LogP contribution >= 0.6 is 0 Å². The predicted octanol–water partition coefficient (Wildman–Crippen LogP) is 4.15. The molecule has 3 rings (SSSR count). The van der Waals surface area contributed by atoms with Gasteiger partial charge >= 0.3 is 10.1 Å². The van der Waals surface area contributed by atoms with E-state index in [0.717, 1.165) is 55.5 Å². The van der Waals surface area contributed by atoms with E-state index < -0.39 is 15.9 Å². The molecule has 0 aliphatic heterocycles. The Labute approximate surface area is 183 Å². The van der Waals surface area contributed by atoms with E-state index >= 15 is 0 Å². The lowest BCUT2D eigenvalue weighted by atomic mass is 9.88. The molecule has 6 nitrogen and oxygen atoms in total. The molecular weight excluding hydrogens is 421 g/mol. The average Bonchev–Trinajstić information content (AvgIpc) is 2.77. The molecule has 0 unspecified atom stereocenters. The van der Waals surface area contributed by atoms with Gasteiger partial charge in [-0.05, 0) is 54.8 Å². The molecule has 0 aromatic heterocycles. The molecule has 0 spiro atoms. The number of carbonyl (C=O) groups is 1. The minimum absolute atomic E-state index is 0.0314. The van der Waals surface area contributed by atoms with E-state index in [1.807, 2.05) is 6.07 Å². The predicted molar refractivity (Wildman–Crippen MR) is 115 cm³/mol. The highest BCUT2D eigenvalue weighted by Crippen LogP contribution is 2.27. The zero-order chi connectivity index (χ0) is 22.3. The second-order valence-corrected chi connectivity index (χ2v) is 9.27. The van der Waals surface area contributed by atoms with Crippen LogP contribution in [0.1, 0.15) is 37.7 Å². The van der Waals surface area contributed by atoms with Crippen molar-refractivity contribution in [1.29, 1.82) is 0 Å². The lowest BCUT2D eigenvalue weighted by molar-refractivity contribution is -0.137. The van der Waals surface area contributed by atoms with E-state index in [2.05, 4.69) is 0 Å². The van der Waals surface area contributed by atoms with Gasteiger partial charge in [0.25, 0.3) is 0 Å². The molecule has 1 fully saturated rings. The number of rotatable bonds is 9. The van der Waals surface area contributed by atoms with Crippen molar-refractivity contribution in [3.63, 3.8) is 0 Å². The Morgan fingerprint density at radius 2 is 1.81 bits per heavy atom. The summed E-state index contributed by atoms with van der Waals surface area (Å²) >= 11 is 0. The average molecular weight is 450 g/mol. The van der Waals surface area contributed by atoms with E-state index in [1.165, 1.54) is 12.5 Å². The van der Waals surface area contributed by atoms with Crippen LogP contribution in [0.5, 0.6) is 5.75 Å². The van der Waals surface area contributed by atoms with Gasteiger partial charge in [-0.3, -0.25) is 4.79 Å². The zero-order valence-corrected chi connectivity index (χ0v) is 18.4. The number of benzene rings is 2. The number of hydrogen-bond donors (Lipinski definition) is 0. The highest BCUT2D eigenvalue weighted by atomic mass is 32.2. The van der Waals surface area contributed by atoms with Crippen molar-refractivity contribution in [2.24, 2.45) is 5.92 Å². The van der Waals surface area contributed by atoms with Crippen molar-refractivity contribution in [3.05, 3.63) is 59.9 Å². The van der Waals surface area contributed by atoms with Crippen LogP contribution in [0.15, 0.2) is 53.4 Å². The fourth-order valence-corrected chi connectivity index (χ4v) is 4.69. The molecule has 168 valence electrons. The Morgan fingerprint density at radius 3 is 2.48 bits per heavy atom. The van der Waals surface area contributed by atoms with E-state index in [1.54, 1.807) is 24.1 Å². The summed E-state index contributed by atoms with van der Waals surface area (Å²) in [6.45, 7) is 1.23. The van der Waals surface area contributed by atoms with Crippen molar-refractivity contribution in [2.75, 3.05) is 20.3 Å². The van der Waals surface area contributed by atoms with Gasteiger partial charge in [0.1, 0.15) is 16.5 Å². The summed E-state index contributed by atoms with van der Waals surface area (Å²) in [7, 11) is -2.49. The molecule has 0 atom stereocenters. The smallest absolute Gasteiger partial charge is 0.339 e. The van der Waals surface area contributed by atoms with Crippen LogP contribution in [0.25, 0.3) is 0 Å². The summed E-state index contributed by atoms with van der Waals surface area (Å²) < 4.78 is 48.4.